The molecule has 4 rings (SSSR count). The van der Waals surface area contributed by atoms with Gasteiger partial charge in [-0.05, 0) is 35.7 Å². The smallest absolute Gasteiger partial charge is 0.347 e. The summed E-state index contributed by atoms with van der Waals surface area (Å²) in [6.45, 7) is 0.189. The fourth-order valence-electron chi connectivity index (χ4n) is 2.41. The van der Waals surface area contributed by atoms with E-state index in [1.54, 1.807) is 36.4 Å². The Kier molecular flexibility index (Phi) is 2.41. The zero-order valence-corrected chi connectivity index (χ0v) is 10.8. The number of phenolic OH excluding ortho intramolecular Hbond substituents is 1. The van der Waals surface area contributed by atoms with Gasteiger partial charge in [0, 0.05) is 5.56 Å². The number of benzene rings is 2. The van der Waals surface area contributed by atoms with E-state index in [0.717, 1.165) is 0 Å². The molecule has 0 spiro atoms. The molecule has 21 heavy (non-hydrogen) atoms. The van der Waals surface area contributed by atoms with Crippen LogP contribution in [0, 0.1) is 0 Å². The number of aromatic hydroxyl groups is 1. The molecule has 0 amide bonds. The van der Waals surface area contributed by atoms with Crippen molar-refractivity contribution >= 4 is 10.8 Å². The third kappa shape index (κ3) is 1.82. The standard InChI is InChI=1S/C16H10O5/c17-11-3-1-2-10-7-13(21-16(18)15(10)11)9-4-5-12-14(6-9)20-8-19-12/h1-7,17H,8H2. The Labute approximate surface area is 119 Å². The van der Waals surface area contributed by atoms with Crippen LogP contribution in [-0.2, 0) is 0 Å². The SMILES string of the molecule is O=c1oc(-c2ccc3c(c2)OCO3)cc2cccc(O)c12. The number of fused-ring (bicyclic) bond motifs is 2. The minimum absolute atomic E-state index is 0.0847. The molecule has 0 radical (unpaired) electrons. The largest absolute Gasteiger partial charge is 0.507 e. The summed E-state index contributed by atoms with van der Waals surface area (Å²) in [5.74, 6) is 1.61. The van der Waals surface area contributed by atoms with E-state index < -0.39 is 5.63 Å². The molecule has 0 atom stereocenters. The zero-order valence-electron chi connectivity index (χ0n) is 10.8. The lowest BCUT2D eigenvalue weighted by atomic mass is 10.1. The van der Waals surface area contributed by atoms with Gasteiger partial charge in [0.25, 0.3) is 0 Å². The van der Waals surface area contributed by atoms with Crippen LogP contribution in [0.5, 0.6) is 17.2 Å². The van der Waals surface area contributed by atoms with Crippen molar-refractivity contribution in [2.75, 3.05) is 6.79 Å². The van der Waals surface area contributed by atoms with Gasteiger partial charge < -0.3 is 19.0 Å². The minimum Gasteiger partial charge on any atom is -0.507 e. The Morgan fingerprint density at radius 3 is 2.76 bits per heavy atom. The average molecular weight is 282 g/mol. The quantitative estimate of drug-likeness (QED) is 0.743. The molecule has 0 bridgehead atoms. The van der Waals surface area contributed by atoms with Crippen LogP contribution in [0.2, 0.25) is 0 Å². The molecule has 1 aromatic heterocycles. The van der Waals surface area contributed by atoms with E-state index in [1.165, 1.54) is 6.07 Å². The molecule has 5 nitrogen and oxygen atoms in total. The molecule has 3 aromatic rings. The van der Waals surface area contributed by atoms with E-state index in [0.29, 0.717) is 28.2 Å². The van der Waals surface area contributed by atoms with Gasteiger partial charge in [-0.3, -0.25) is 0 Å². The van der Waals surface area contributed by atoms with Gasteiger partial charge in [-0.1, -0.05) is 12.1 Å². The second kappa shape index (κ2) is 4.28. The molecule has 0 saturated heterocycles. The Morgan fingerprint density at radius 1 is 1.00 bits per heavy atom. The van der Waals surface area contributed by atoms with E-state index >= 15 is 0 Å². The lowest BCUT2D eigenvalue weighted by Gasteiger charge is -2.04. The molecule has 0 saturated carbocycles. The maximum atomic E-state index is 12.0. The van der Waals surface area contributed by atoms with E-state index in [9.17, 15) is 9.90 Å². The fourth-order valence-corrected chi connectivity index (χ4v) is 2.41. The third-order valence-electron chi connectivity index (χ3n) is 3.43. The number of hydrogen-bond acceptors (Lipinski definition) is 5. The number of hydrogen-bond donors (Lipinski definition) is 1. The van der Waals surface area contributed by atoms with Crippen molar-refractivity contribution in [3.8, 4) is 28.6 Å². The van der Waals surface area contributed by atoms with Crippen LogP contribution in [0.3, 0.4) is 0 Å². The molecule has 5 heteroatoms. The minimum atomic E-state index is -0.571. The fraction of sp³-hybridized carbons (Fsp3) is 0.0625. The van der Waals surface area contributed by atoms with Gasteiger partial charge in [-0.25, -0.2) is 4.79 Å². The number of ether oxygens (including phenoxy) is 2. The van der Waals surface area contributed by atoms with Crippen molar-refractivity contribution in [1.82, 2.24) is 0 Å². The summed E-state index contributed by atoms with van der Waals surface area (Å²) < 4.78 is 15.9. The van der Waals surface area contributed by atoms with Gasteiger partial charge in [0.1, 0.15) is 16.9 Å². The van der Waals surface area contributed by atoms with Gasteiger partial charge in [0.05, 0.1) is 0 Å². The maximum absolute atomic E-state index is 12.0. The molecule has 0 fully saturated rings. The van der Waals surface area contributed by atoms with E-state index in [-0.39, 0.29) is 17.9 Å². The Hall–Kier alpha value is -2.95. The number of phenols is 1. The molecule has 104 valence electrons. The molecule has 2 heterocycles. The van der Waals surface area contributed by atoms with Crippen molar-refractivity contribution < 1.29 is 19.0 Å². The second-order valence-corrected chi connectivity index (χ2v) is 4.71. The summed E-state index contributed by atoms with van der Waals surface area (Å²) >= 11 is 0. The lowest BCUT2D eigenvalue weighted by Crippen LogP contribution is -2.00. The molecule has 1 N–H and O–H groups in total. The monoisotopic (exact) mass is 282 g/mol. The Balaban J connectivity index is 1.93. The first kappa shape index (κ1) is 11.8. The van der Waals surface area contributed by atoms with Crippen LogP contribution in [0.25, 0.3) is 22.1 Å². The zero-order chi connectivity index (χ0) is 14.4. The highest BCUT2D eigenvalue weighted by Gasteiger charge is 2.16. The molecular weight excluding hydrogens is 272 g/mol. The van der Waals surface area contributed by atoms with Gasteiger partial charge in [0.2, 0.25) is 6.79 Å². The first-order chi connectivity index (χ1) is 10.2. The molecule has 1 aliphatic heterocycles. The van der Waals surface area contributed by atoms with Gasteiger partial charge in [-0.2, -0.15) is 0 Å². The highest BCUT2D eigenvalue weighted by molar-refractivity contribution is 5.89. The normalized spacial score (nSPS) is 12.8. The first-order valence-electron chi connectivity index (χ1n) is 6.38. The summed E-state index contributed by atoms with van der Waals surface area (Å²) in [5, 5.41) is 10.6. The topological polar surface area (TPSA) is 68.9 Å². The first-order valence-corrected chi connectivity index (χ1v) is 6.38. The van der Waals surface area contributed by atoms with Gasteiger partial charge in [0.15, 0.2) is 11.5 Å². The van der Waals surface area contributed by atoms with Crippen LogP contribution >= 0.6 is 0 Å². The highest BCUT2D eigenvalue weighted by Crippen LogP contribution is 2.36. The Morgan fingerprint density at radius 2 is 1.86 bits per heavy atom. The van der Waals surface area contributed by atoms with Crippen LogP contribution in [0.1, 0.15) is 0 Å². The summed E-state index contributed by atoms with van der Waals surface area (Å²) in [6, 6.07) is 11.9. The maximum Gasteiger partial charge on any atom is 0.347 e. The average Bonchev–Trinajstić information content (AvgIpc) is 2.94. The molecule has 0 aliphatic carbocycles. The van der Waals surface area contributed by atoms with Gasteiger partial charge >= 0.3 is 5.63 Å². The molecule has 0 unspecified atom stereocenters. The second-order valence-electron chi connectivity index (χ2n) is 4.71. The predicted molar refractivity (Wildman–Crippen MR) is 75.7 cm³/mol. The van der Waals surface area contributed by atoms with Crippen molar-refractivity contribution in [2.24, 2.45) is 0 Å². The molecular formula is C16H10O5. The van der Waals surface area contributed by atoms with Crippen LogP contribution in [0.4, 0.5) is 0 Å². The van der Waals surface area contributed by atoms with Crippen LogP contribution < -0.4 is 15.1 Å². The van der Waals surface area contributed by atoms with E-state index in [1.807, 2.05) is 0 Å². The summed E-state index contributed by atoms with van der Waals surface area (Å²) in [7, 11) is 0. The van der Waals surface area contributed by atoms with E-state index in [4.69, 9.17) is 13.9 Å². The Bertz CT molecular complexity index is 910. The third-order valence-corrected chi connectivity index (χ3v) is 3.43. The van der Waals surface area contributed by atoms with E-state index in [2.05, 4.69) is 0 Å². The van der Waals surface area contributed by atoms with Crippen molar-refractivity contribution in [3.63, 3.8) is 0 Å². The van der Waals surface area contributed by atoms with Crippen molar-refractivity contribution in [2.45, 2.75) is 0 Å². The van der Waals surface area contributed by atoms with Crippen molar-refractivity contribution in [1.29, 1.82) is 0 Å². The summed E-state index contributed by atoms with van der Waals surface area (Å²) in [5.41, 5.74) is 0.139. The highest BCUT2D eigenvalue weighted by atomic mass is 16.7. The number of rotatable bonds is 1. The molecule has 1 aliphatic rings. The van der Waals surface area contributed by atoms with Crippen LogP contribution in [0.15, 0.2) is 51.7 Å². The van der Waals surface area contributed by atoms with Gasteiger partial charge in [-0.15, -0.1) is 0 Å². The lowest BCUT2D eigenvalue weighted by molar-refractivity contribution is 0.174. The summed E-state index contributed by atoms with van der Waals surface area (Å²) in [6.07, 6.45) is 0. The molecule has 2 aromatic carbocycles. The van der Waals surface area contributed by atoms with Crippen LogP contribution in [-0.4, -0.2) is 11.9 Å². The summed E-state index contributed by atoms with van der Waals surface area (Å²) in [4.78, 5) is 12.0. The van der Waals surface area contributed by atoms with Crippen molar-refractivity contribution in [3.05, 3.63) is 52.9 Å². The predicted octanol–water partition coefficient (Wildman–Crippen LogP) is 2.89.